The van der Waals surface area contributed by atoms with Crippen molar-refractivity contribution in [3.8, 4) is 11.5 Å². The molecular formula is C22H29ClN2O4S. The zero-order valence-electron chi connectivity index (χ0n) is 17.4. The van der Waals surface area contributed by atoms with E-state index < -0.39 is 5.97 Å². The van der Waals surface area contributed by atoms with Crippen molar-refractivity contribution in [3.63, 3.8) is 0 Å². The van der Waals surface area contributed by atoms with Crippen molar-refractivity contribution < 1.29 is 19.4 Å². The van der Waals surface area contributed by atoms with Gasteiger partial charge in [0.25, 0.3) is 0 Å². The molecule has 0 amide bonds. The maximum atomic E-state index is 10.5. The number of hydrogen-bond donors (Lipinski definition) is 1. The van der Waals surface area contributed by atoms with Crippen LogP contribution in [-0.2, 0) is 17.8 Å². The van der Waals surface area contributed by atoms with Crippen LogP contribution in [0.15, 0.2) is 23.4 Å². The summed E-state index contributed by atoms with van der Waals surface area (Å²) in [6, 6.07) is 3.78. The number of hydrogen-bond acceptors (Lipinski definition) is 5. The van der Waals surface area contributed by atoms with Gasteiger partial charge in [-0.25, -0.2) is 4.98 Å². The Morgan fingerprint density at radius 3 is 2.70 bits per heavy atom. The van der Waals surface area contributed by atoms with Crippen molar-refractivity contribution in [1.29, 1.82) is 0 Å². The number of aliphatic carboxylic acids is 1. The highest BCUT2D eigenvalue weighted by atomic mass is 35.5. The molecule has 1 aliphatic heterocycles. The summed E-state index contributed by atoms with van der Waals surface area (Å²) in [4.78, 5) is 15.3. The van der Waals surface area contributed by atoms with Gasteiger partial charge < -0.3 is 19.1 Å². The largest absolute Gasteiger partial charge is 0.481 e. The number of halogens is 1. The molecule has 1 aromatic carbocycles. The predicted molar refractivity (Wildman–Crippen MR) is 119 cm³/mol. The number of unbranched alkanes of at least 4 members (excludes halogenated alkanes) is 4. The van der Waals surface area contributed by atoms with Crippen LogP contribution >= 0.6 is 23.4 Å². The molecule has 0 aliphatic carbocycles. The molecule has 0 saturated heterocycles. The van der Waals surface area contributed by atoms with E-state index in [9.17, 15) is 4.79 Å². The summed E-state index contributed by atoms with van der Waals surface area (Å²) in [5, 5.41) is 10.4. The highest BCUT2D eigenvalue weighted by molar-refractivity contribution is 7.99. The van der Waals surface area contributed by atoms with Gasteiger partial charge >= 0.3 is 5.97 Å². The van der Waals surface area contributed by atoms with Crippen LogP contribution in [0.5, 0.6) is 11.5 Å². The molecule has 0 unspecified atom stereocenters. The molecule has 2 heterocycles. The van der Waals surface area contributed by atoms with Crippen LogP contribution in [0, 0.1) is 0 Å². The summed E-state index contributed by atoms with van der Waals surface area (Å²) in [5.41, 5.74) is 0.994. The molecule has 0 fully saturated rings. The fourth-order valence-corrected chi connectivity index (χ4v) is 4.55. The Labute approximate surface area is 186 Å². The lowest BCUT2D eigenvalue weighted by Gasteiger charge is -2.10. The molecule has 30 heavy (non-hydrogen) atoms. The van der Waals surface area contributed by atoms with Crippen LogP contribution in [-0.4, -0.2) is 33.2 Å². The number of carbonyl (C=O) groups is 1. The first-order valence-corrected chi connectivity index (χ1v) is 11.9. The molecule has 1 aliphatic rings. The van der Waals surface area contributed by atoms with E-state index in [1.807, 2.05) is 12.1 Å². The smallest absolute Gasteiger partial charge is 0.303 e. The second-order valence-electron chi connectivity index (χ2n) is 7.43. The molecule has 6 nitrogen and oxygen atoms in total. The Morgan fingerprint density at radius 1 is 1.20 bits per heavy atom. The summed E-state index contributed by atoms with van der Waals surface area (Å²) in [5.74, 6) is 2.83. The van der Waals surface area contributed by atoms with E-state index in [-0.39, 0.29) is 13.2 Å². The van der Waals surface area contributed by atoms with Gasteiger partial charge in [0.2, 0.25) is 6.79 Å². The number of nitrogens with zero attached hydrogens (tertiary/aromatic N) is 2. The highest BCUT2D eigenvalue weighted by Gasteiger charge is 2.18. The lowest BCUT2D eigenvalue weighted by atomic mass is 10.1. The van der Waals surface area contributed by atoms with Crippen molar-refractivity contribution in [2.45, 2.75) is 69.9 Å². The number of ether oxygens (including phenoxy) is 2. The Hall–Kier alpha value is -1.86. The standard InChI is InChI=1S/C22H29ClN2O4S/c1-2-8-20-24-21(30-10-7-5-3-4-6-9-22(26)27)14-25(20)13-16-11-18-19(12-17(16)23)29-15-28-18/h11-12,14H,2-10,13,15H2,1H3,(H,26,27). The first-order chi connectivity index (χ1) is 14.6. The minimum Gasteiger partial charge on any atom is -0.481 e. The third-order valence-electron chi connectivity index (χ3n) is 4.98. The number of aromatic nitrogens is 2. The highest BCUT2D eigenvalue weighted by Crippen LogP contribution is 2.37. The Kier molecular flexibility index (Phi) is 8.75. The number of carboxylic acids is 1. The van der Waals surface area contributed by atoms with E-state index in [0.29, 0.717) is 17.3 Å². The van der Waals surface area contributed by atoms with Gasteiger partial charge in [0, 0.05) is 30.1 Å². The molecular weight excluding hydrogens is 424 g/mol. The second-order valence-corrected chi connectivity index (χ2v) is 8.95. The summed E-state index contributed by atoms with van der Waals surface area (Å²) in [7, 11) is 0. The first-order valence-electron chi connectivity index (χ1n) is 10.6. The van der Waals surface area contributed by atoms with Gasteiger partial charge in [-0.3, -0.25) is 4.79 Å². The predicted octanol–water partition coefficient (Wildman–Crippen LogP) is 5.78. The van der Waals surface area contributed by atoms with Crippen LogP contribution in [0.3, 0.4) is 0 Å². The van der Waals surface area contributed by atoms with Crippen LogP contribution in [0.1, 0.15) is 63.3 Å². The number of benzene rings is 1. The van der Waals surface area contributed by atoms with E-state index >= 15 is 0 Å². The minimum atomic E-state index is -0.703. The maximum absolute atomic E-state index is 10.5. The van der Waals surface area contributed by atoms with Crippen molar-refractivity contribution in [2.75, 3.05) is 12.5 Å². The molecule has 0 saturated carbocycles. The Morgan fingerprint density at radius 2 is 1.93 bits per heavy atom. The van der Waals surface area contributed by atoms with Crippen molar-refractivity contribution in [1.82, 2.24) is 9.55 Å². The molecule has 0 spiro atoms. The normalized spacial score (nSPS) is 12.5. The molecule has 2 aromatic rings. The van der Waals surface area contributed by atoms with E-state index in [0.717, 1.165) is 72.9 Å². The zero-order valence-corrected chi connectivity index (χ0v) is 18.9. The van der Waals surface area contributed by atoms with E-state index in [1.54, 1.807) is 11.8 Å². The van der Waals surface area contributed by atoms with Gasteiger partial charge in [-0.15, -0.1) is 11.8 Å². The second kappa shape index (κ2) is 11.5. The topological polar surface area (TPSA) is 73.6 Å². The van der Waals surface area contributed by atoms with Crippen LogP contribution in [0.2, 0.25) is 5.02 Å². The SMILES string of the molecule is CCCc1nc(SCCCCCCCC(=O)O)cn1Cc1cc2c(cc1Cl)OCO2. The number of carboxylic acid groups (broad SMARTS) is 1. The minimum absolute atomic E-state index is 0.238. The fraction of sp³-hybridized carbons (Fsp3) is 0.545. The third kappa shape index (κ3) is 6.57. The molecule has 0 bridgehead atoms. The van der Waals surface area contributed by atoms with Crippen molar-refractivity contribution in [3.05, 3.63) is 34.7 Å². The Bertz CT molecular complexity index is 856. The van der Waals surface area contributed by atoms with Crippen LogP contribution in [0.4, 0.5) is 0 Å². The molecule has 1 aromatic heterocycles. The van der Waals surface area contributed by atoms with Gasteiger partial charge in [0.05, 0.1) is 6.54 Å². The van der Waals surface area contributed by atoms with E-state index in [1.165, 1.54) is 0 Å². The number of imidazole rings is 1. The van der Waals surface area contributed by atoms with Gasteiger partial charge in [0.1, 0.15) is 10.9 Å². The van der Waals surface area contributed by atoms with Gasteiger partial charge in [-0.1, -0.05) is 37.8 Å². The molecule has 0 radical (unpaired) electrons. The summed E-state index contributed by atoms with van der Waals surface area (Å²) < 4.78 is 13.1. The lowest BCUT2D eigenvalue weighted by Crippen LogP contribution is -2.04. The number of rotatable bonds is 13. The number of thioether (sulfide) groups is 1. The first kappa shape index (κ1) is 22.8. The van der Waals surface area contributed by atoms with Crippen molar-refractivity contribution in [2.24, 2.45) is 0 Å². The number of fused-ring (bicyclic) bond motifs is 1. The van der Waals surface area contributed by atoms with Crippen LogP contribution < -0.4 is 9.47 Å². The molecule has 8 heteroatoms. The van der Waals surface area contributed by atoms with Crippen molar-refractivity contribution >= 4 is 29.3 Å². The van der Waals surface area contributed by atoms with Gasteiger partial charge in [0.15, 0.2) is 11.5 Å². The third-order valence-corrected chi connectivity index (χ3v) is 6.32. The van der Waals surface area contributed by atoms with E-state index in [2.05, 4.69) is 17.7 Å². The van der Waals surface area contributed by atoms with E-state index in [4.69, 9.17) is 31.2 Å². The van der Waals surface area contributed by atoms with Gasteiger partial charge in [-0.2, -0.15) is 0 Å². The zero-order chi connectivity index (χ0) is 21.3. The average Bonchev–Trinajstić information content (AvgIpc) is 3.31. The van der Waals surface area contributed by atoms with Crippen LogP contribution in [0.25, 0.3) is 0 Å². The molecule has 1 N–H and O–H groups in total. The number of aryl methyl sites for hydroxylation is 1. The van der Waals surface area contributed by atoms with Gasteiger partial charge in [-0.05, 0) is 36.6 Å². The molecule has 164 valence electrons. The lowest BCUT2D eigenvalue weighted by molar-refractivity contribution is -0.137. The molecule has 3 rings (SSSR count). The maximum Gasteiger partial charge on any atom is 0.303 e. The quantitative estimate of drug-likeness (QED) is 0.306. The monoisotopic (exact) mass is 452 g/mol. The molecule has 0 atom stereocenters. The average molecular weight is 453 g/mol. The summed E-state index contributed by atoms with van der Waals surface area (Å²) in [6.45, 7) is 3.05. The summed E-state index contributed by atoms with van der Waals surface area (Å²) in [6.07, 6.45) is 9.44. The fourth-order valence-electron chi connectivity index (χ4n) is 3.41. The summed E-state index contributed by atoms with van der Waals surface area (Å²) >= 11 is 8.24. The Balaban J connectivity index is 1.52.